The molecule has 0 radical (unpaired) electrons. The average molecular weight is 1090 g/mol. The second-order valence-electron chi connectivity index (χ2n) is 24.5. The average Bonchev–Trinajstić information content (AvgIpc) is 2.46. The molecule has 4 heterocycles. The summed E-state index contributed by atoms with van der Waals surface area (Å²) in [4.78, 5) is 10.1. The lowest BCUT2D eigenvalue weighted by Gasteiger charge is -2.50. The van der Waals surface area contributed by atoms with Gasteiger partial charge in [-0.25, -0.2) is 4.98 Å². The number of para-hydroxylation sites is 2. The summed E-state index contributed by atoms with van der Waals surface area (Å²) in [5.74, 6) is 2.47. The second kappa shape index (κ2) is 20.2. The van der Waals surface area contributed by atoms with Crippen LogP contribution in [0, 0.1) is 0 Å². The third-order valence-electron chi connectivity index (χ3n) is 18.0. The van der Waals surface area contributed by atoms with Crippen molar-refractivity contribution in [3.05, 3.63) is 278 Å². The molecule has 0 spiro atoms. The van der Waals surface area contributed by atoms with Crippen molar-refractivity contribution < 1.29 is 4.74 Å². The van der Waals surface area contributed by atoms with E-state index in [9.17, 15) is 0 Å². The summed E-state index contributed by atoms with van der Waals surface area (Å²) in [6.07, 6.45) is 4.45. The van der Waals surface area contributed by atoms with Gasteiger partial charge in [0.1, 0.15) is 25.4 Å². The predicted molar refractivity (Wildman–Crippen MR) is 351 cm³/mol. The van der Waals surface area contributed by atoms with Crippen LogP contribution in [-0.4, -0.2) is 24.3 Å². The Hall–Kier alpha value is -9.49. The van der Waals surface area contributed by atoms with E-state index in [4.69, 9.17) is 9.72 Å². The maximum atomic E-state index is 7.06. The van der Waals surface area contributed by atoms with Crippen LogP contribution < -0.4 is 14.5 Å². The van der Waals surface area contributed by atoms with E-state index in [1.54, 1.807) is 0 Å². The summed E-state index contributed by atoms with van der Waals surface area (Å²) in [7, 11) is -2.28. The minimum absolute atomic E-state index is 0.0291. The molecule has 2 aromatic heterocycles. The van der Waals surface area contributed by atoms with E-state index in [1.165, 1.54) is 88.8 Å². The van der Waals surface area contributed by atoms with Crippen molar-refractivity contribution in [3.63, 3.8) is 0 Å². The Morgan fingerprint density at radius 3 is 1.48 bits per heavy atom. The van der Waals surface area contributed by atoms with Crippen molar-refractivity contribution in [2.24, 2.45) is 0 Å². The SMILES string of the molecule is CC(C)(C)c1ccnc(-n2c3ccccc3c3ccc(Oc4ccc5c(c4)N4CN(c6c(-c7cc(-c8ccccc8)cc(-c8ccccc8)c7)cccc6-c6cc(-c7ccccc7)cc(-c7ccccc7)c6)C=C4[Si](C)(C)C5(C)C)cc32)c1. The first-order chi connectivity index (χ1) is 40.3. The minimum Gasteiger partial charge on any atom is -0.457 e. The number of nitrogens with zero attached hydrogens (tertiary/aromatic N) is 4. The lowest BCUT2D eigenvalue weighted by molar-refractivity contribution is 0.482. The highest BCUT2D eigenvalue weighted by Gasteiger charge is 2.53. The van der Waals surface area contributed by atoms with Gasteiger partial charge in [-0.05, 0) is 150 Å². The fraction of sp³-hybridized carbons (Fsp3) is 0.130. The predicted octanol–water partition coefficient (Wildman–Crippen LogP) is 20.5. The molecular weight excluding hydrogens is 1020 g/mol. The fourth-order valence-electron chi connectivity index (χ4n) is 12.8. The van der Waals surface area contributed by atoms with Crippen LogP contribution in [0.3, 0.4) is 0 Å². The van der Waals surface area contributed by atoms with Crippen molar-refractivity contribution in [2.75, 3.05) is 16.5 Å². The Morgan fingerprint density at radius 2 is 0.940 bits per heavy atom. The van der Waals surface area contributed by atoms with Crippen molar-refractivity contribution in [3.8, 4) is 84.1 Å². The Balaban J connectivity index is 0.928. The fourth-order valence-corrected chi connectivity index (χ4v) is 15.7. The largest absolute Gasteiger partial charge is 0.457 e. The summed E-state index contributed by atoms with van der Waals surface area (Å²) in [6.45, 7) is 17.4. The van der Waals surface area contributed by atoms with Gasteiger partial charge < -0.3 is 14.5 Å². The van der Waals surface area contributed by atoms with Crippen molar-refractivity contribution in [2.45, 2.75) is 58.2 Å². The highest BCUT2D eigenvalue weighted by Crippen LogP contribution is 2.54. The van der Waals surface area contributed by atoms with Crippen LogP contribution in [0.25, 0.3) is 94.4 Å². The quantitative estimate of drug-likeness (QED) is 0.128. The highest BCUT2D eigenvalue weighted by atomic mass is 28.3. The summed E-state index contributed by atoms with van der Waals surface area (Å²) >= 11 is 0. The van der Waals surface area contributed by atoms with Crippen LogP contribution in [0.2, 0.25) is 13.1 Å². The van der Waals surface area contributed by atoms with E-state index >= 15 is 0 Å². The Morgan fingerprint density at radius 1 is 0.458 bits per heavy atom. The van der Waals surface area contributed by atoms with E-state index in [2.05, 4.69) is 317 Å². The van der Waals surface area contributed by atoms with Crippen LogP contribution in [0.5, 0.6) is 11.5 Å². The molecule has 14 rings (SSSR count). The monoisotopic (exact) mass is 1090 g/mol. The van der Waals surface area contributed by atoms with Gasteiger partial charge in [-0.1, -0.05) is 212 Å². The number of pyridine rings is 1. The third-order valence-corrected chi connectivity index (χ3v) is 23.0. The van der Waals surface area contributed by atoms with Gasteiger partial charge in [0, 0.05) is 57.4 Å². The smallest absolute Gasteiger partial charge is 0.137 e. The molecule has 5 nitrogen and oxygen atoms in total. The third kappa shape index (κ3) is 9.15. The number of hydrogen-bond acceptors (Lipinski definition) is 4. The number of benzene rings is 10. The van der Waals surface area contributed by atoms with Gasteiger partial charge in [-0.15, -0.1) is 0 Å². The molecule has 0 saturated heterocycles. The molecule has 12 aromatic rings. The van der Waals surface area contributed by atoms with Crippen molar-refractivity contribution in [1.82, 2.24) is 9.55 Å². The second-order valence-corrected chi connectivity index (χ2v) is 29.5. The van der Waals surface area contributed by atoms with E-state index in [0.717, 1.165) is 44.9 Å². The molecule has 0 unspecified atom stereocenters. The van der Waals surface area contributed by atoms with Crippen LogP contribution in [0.15, 0.2) is 266 Å². The Bertz CT molecular complexity index is 4220. The normalized spacial score (nSPS) is 14.4. The minimum atomic E-state index is -2.28. The molecule has 0 N–H and O–H groups in total. The van der Waals surface area contributed by atoms with E-state index < -0.39 is 8.07 Å². The molecule has 0 aliphatic carbocycles. The molecular formula is C77H66N4OSi. The first kappa shape index (κ1) is 51.6. The number of rotatable bonds is 10. The molecule has 10 aromatic carbocycles. The van der Waals surface area contributed by atoms with Gasteiger partial charge in [0.15, 0.2) is 0 Å². The van der Waals surface area contributed by atoms with Crippen LogP contribution in [0.1, 0.15) is 45.7 Å². The number of aromatic nitrogens is 2. The number of fused-ring (bicyclic) bond motifs is 6. The van der Waals surface area contributed by atoms with Crippen LogP contribution >= 0.6 is 0 Å². The highest BCUT2D eigenvalue weighted by molar-refractivity contribution is 6.88. The van der Waals surface area contributed by atoms with Gasteiger partial charge in [0.05, 0.1) is 23.4 Å². The molecule has 2 aliphatic heterocycles. The van der Waals surface area contributed by atoms with Crippen molar-refractivity contribution in [1.29, 1.82) is 0 Å². The number of ether oxygens (including phenoxy) is 1. The zero-order valence-corrected chi connectivity index (χ0v) is 49.2. The van der Waals surface area contributed by atoms with Gasteiger partial charge in [0.2, 0.25) is 0 Å². The van der Waals surface area contributed by atoms with E-state index in [1.807, 2.05) is 6.20 Å². The zero-order valence-electron chi connectivity index (χ0n) is 48.2. The Kier molecular flexibility index (Phi) is 12.6. The summed E-state index contributed by atoms with van der Waals surface area (Å²) in [6, 6.07) is 90.8. The maximum absolute atomic E-state index is 7.06. The molecule has 2 aliphatic rings. The molecule has 0 atom stereocenters. The lowest BCUT2D eigenvalue weighted by Crippen LogP contribution is -2.57. The summed E-state index contributed by atoms with van der Waals surface area (Å²) < 4.78 is 9.35. The molecule has 0 saturated carbocycles. The molecule has 83 heavy (non-hydrogen) atoms. The Labute approximate surface area is 489 Å². The lowest BCUT2D eigenvalue weighted by atomic mass is 9.88. The zero-order chi connectivity index (χ0) is 56.6. The first-order valence-electron chi connectivity index (χ1n) is 29.0. The summed E-state index contributed by atoms with van der Waals surface area (Å²) in [5.41, 5.74) is 21.2. The molecule has 0 amide bonds. The number of hydrogen-bond donors (Lipinski definition) is 0. The van der Waals surface area contributed by atoms with Gasteiger partial charge in [0.25, 0.3) is 0 Å². The topological polar surface area (TPSA) is 33.5 Å². The van der Waals surface area contributed by atoms with Crippen LogP contribution in [0.4, 0.5) is 11.4 Å². The number of anilines is 2. The standard InChI is InChI=1S/C77H66N4OSi/c1-76(2,3)62-39-40-78-73(47-62)81-70-34-21-20-31-67(70)68-37-35-63(48-71(68)81)82-64-36-38-69-72(49-64)80-51-79(50-74(80)83(6,7)77(69,4)5)75-65(60-43-56(52-23-12-8-13-24-52)41-57(44-60)53-25-14-9-15-26-53)32-22-33-66(75)61-45-58(54-27-16-10-17-28-54)42-59(46-61)55-29-18-11-19-30-55/h8-50H,51H2,1-7H3. The van der Waals surface area contributed by atoms with Crippen molar-refractivity contribution >= 4 is 41.3 Å². The molecule has 6 heteroatoms. The van der Waals surface area contributed by atoms with Gasteiger partial charge >= 0.3 is 0 Å². The first-order valence-corrected chi connectivity index (χ1v) is 32.0. The molecule has 404 valence electrons. The maximum Gasteiger partial charge on any atom is 0.137 e. The summed E-state index contributed by atoms with van der Waals surface area (Å²) in [5, 5.41) is 3.63. The molecule has 0 fully saturated rings. The van der Waals surface area contributed by atoms with E-state index in [0.29, 0.717) is 6.67 Å². The van der Waals surface area contributed by atoms with Crippen LogP contribution in [-0.2, 0) is 10.5 Å². The molecule has 0 bridgehead atoms. The van der Waals surface area contributed by atoms with Gasteiger partial charge in [-0.2, -0.15) is 0 Å². The van der Waals surface area contributed by atoms with E-state index in [-0.39, 0.29) is 10.5 Å². The van der Waals surface area contributed by atoms with Gasteiger partial charge in [-0.3, -0.25) is 4.57 Å².